The van der Waals surface area contributed by atoms with Gasteiger partial charge in [0.15, 0.2) is 5.82 Å². The van der Waals surface area contributed by atoms with Gasteiger partial charge in [-0.2, -0.15) is 0 Å². The Bertz CT molecular complexity index is 1060. The molecule has 0 saturated carbocycles. The summed E-state index contributed by atoms with van der Waals surface area (Å²) in [5, 5.41) is 2.86. The molecule has 1 N–H and O–H groups in total. The van der Waals surface area contributed by atoms with Gasteiger partial charge in [0.2, 0.25) is 5.88 Å². The van der Waals surface area contributed by atoms with Crippen LogP contribution in [0, 0.1) is 5.92 Å². The van der Waals surface area contributed by atoms with E-state index in [1.54, 1.807) is 19.4 Å². The maximum Gasteiger partial charge on any atom is 0.323 e. The van der Waals surface area contributed by atoms with E-state index in [1.165, 1.54) is 4.90 Å². The summed E-state index contributed by atoms with van der Waals surface area (Å²) in [4.78, 5) is 27.3. The molecule has 32 heavy (non-hydrogen) atoms. The number of nitrogens with zero attached hydrogens (tertiary/aromatic N) is 4. The first kappa shape index (κ1) is 22.0. The number of nitrogens with one attached hydrogen (secondary N) is 1. The first-order valence-corrected chi connectivity index (χ1v) is 11.0. The van der Waals surface area contributed by atoms with Gasteiger partial charge in [-0.25, -0.2) is 14.8 Å². The van der Waals surface area contributed by atoms with Crippen LogP contribution in [0.5, 0.6) is 5.88 Å². The Morgan fingerprint density at radius 3 is 2.62 bits per heavy atom. The number of aromatic nitrogens is 3. The highest BCUT2D eigenvalue weighted by Gasteiger charge is 2.16. The molecule has 1 saturated heterocycles. The fraction of sp³-hybridized carbons (Fsp3) is 0.417. The number of hydrogen-bond donors (Lipinski definition) is 1. The summed E-state index contributed by atoms with van der Waals surface area (Å²) in [5.74, 6) is 1.64. The summed E-state index contributed by atoms with van der Waals surface area (Å²) >= 11 is 0. The molecule has 1 aliphatic heterocycles. The number of benzene rings is 1. The minimum atomic E-state index is -0.217. The largest absolute Gasteiger partial charge is 0.477 e. The Morgan fingerprint density at radius 1 is 1.12 bits per heavy atom. The van der Waals surface area contributed by atoms with Gasteiger partial charge >= 0.3 is 6.03 Å². The first-order valence-electron chi connectivity index (χ1n) is 11.0. The number of carbonyl (C=O) groups is 1. The lowest BCUT2D eigenvalue weighted by Crippen LogP contribution is -2.41. The number of anilines is 1. The summed E-state index contributed by atoms with van der Waals surface area (Å²) in [7, 11) is 1.68. The van der Waals surface area contributed by atoms with Gasteiger partial charge in [0.1, 0.15) is 0 Å². The average Bonchev–Trinajstić information content (AvgIpc) is 2.82. The minimum Gasteiger partial charge on any atom is -0.477 e. The fourth-order valence-corrected chi connectivity index (χ4v) is 3.54. The number of ether oxygens (including phenoxy) is 2. The van der Waals surface area contributed by atoms with Crippen molar-refractivity contribution in [2.45, 2.75) is 32.7 Å². The zero-order chi connectivity index (χ0) is 22.5. The van der Waals surface area contributed by atoms with Crippen LogP contribution in [0.3, 0.4) is 0 Å². The van der Waals surface area contributed by atoms with Crippen molar-refractivity contribution in [3.63, 3.8) is 0 Å². The molecule has 8 nitrogen and oxygen atoms in total. The van der Waals surface area contributed by atoms with Crippen molar-refractivity contribution in [3.05, 3.63) is 42.7 Å². The topological polar surface area (TPSA) is 89.5 Å². The van der Waals surface area contributed by atoms with E-state index in [9.17, 15) is 4.79 Å². The van der Waals surface area contributed by atoms with Crippen molar-refractivity contribution in [2.24, 2.45) is 5.92 Å². The molecule has 8 heteroatoms. The fourth-order valence-electron chi connectivity index (χ4n) is 3.54. The van der Waals surface area contributed by atoms with Crippen LogP contribution in [0.15, 0.2) is 42.7 Å². The Kier molecular flexibility index (Phi) is 6.80. The number of amides is 2. The molecular weight excluding hydrogens is 406 g/mol. The van der Waals surface area contributed by atoms with Crippen molar-refractivity contribution in [3.8, 4) is 17.0 Å². The van der Waals surface area contributed by atoms with E-state index >= 15 is 0 Å². The average molecular weight is 436 g/mol. The highest BCUT2D eigenvalue weighted by atomic mass is 16.5. The van der Waals surface area contributed by atoms with Crippen LogP contribution in [-0.2, 0) is 4.74 Å². The quantitative estimate of drug-likeness (QED) is 0.628. The van der Waals surface area contributed by atoms with E-state index in [0.717, 1.165) is 42.7 Å². The van der Waals surface area contributed by atoms with Crippen molar-refractivity contribution >= 4 is 22.9 Å². The molecule has 1 aromatic carbocycles. The van der Waals surface area contributed by atoms with Crippen LogP contribution in [-0.4, -0.2) is 53.9 Å². The summed E-state index contributed by atoms with van der Waals surface area (Å²) < 4.78 is 11.3. The maximum absolute atomic E-state index is 12.3. The lowest BCUT2D eigenvalue weighted by atomic mass is 10.0. The predicted molar refractivity (Wildman–Crippen MR) is 124 cm³/mol. The van der Waals surface area contributed by atoms with Gasteiger partial charge in [0, 0.05) is 44.1 Å². The number of rotatable bonds is 6. The van der Waals surface area contributed by atoms with E-state index in [4.69, 9.17) is 9.47 Å². The standard InChI is InChI=1S/C24H29N5O3/c1-16(2)27-24(30)29(3)22-14-25-20-6-4-18(12-21(20)28-22)19-5-7-23(26-13-19)32-15-17-8-10-31-11-9-17/h4-7,12-14,16-17H,8-11,15H2,1-3H3,(H,27,30). The van der Waals surface area contributed by atoms with Crippen LogP contribution in [0.1, 0.15) is 26.7 Å². The molecule has 0 unspecified atom stereocenters. The SMILES string of the molecule is CC(C)NC(=O)N(C)c1cnc2ccc(-c3ccc(OCC4CCOCC4)nc3)cc2n1. The van der Waals surface area contributed by atoms with Gasteiger partial charge in [-0.05, 0) is 56.4 Å². The molecule has 0 atom stereocenters. The Balaban J connectivity index is 1.48. The molecule has 2 amide bonds. The third kappa shape index (κ3) is 5.31. The number of urea groups is 1. The molecule has 0 aliphatic carbocycles. The summed E-state index contributed by atoms with van der Waals surface area (Å²) in [6.07, 6.45) is 5.48. The Labute approximate surface area is 188 Å². The van der Waals surface area contributed by atoms with Gasteiger partial charge < -0.3 is 14.8 Å². The molecule has 4 rings (SSSR count). The van der Waals surface area contributed by atoms with Crippen LogP contribution in [0.4, 0.5) is 10.6 Å². The lowest BCUT2D eigenvalue weighted by Gasteiger charge is -2.21. The number of hydrogen-bond acceptors (Lipinski definition) is 6. The van der Waals surface area contributed by atoms with Crippen molar-refractivity contribution in [2.75, 3.05) is 31.8 Å². The van der Waals surface area contributed by atoms with Crippen molar-refractivity contribution in [1.29, 1.82) is 0 Å². The molecule has 1 aliphatic rings. The Morgan fingerprint density at radius 2 is 1.91 bits per heavy atom. The van der Waals surface area contributed by atoms with Crippen molar-refractivity contribution < 1.29 is 14.3 Å². The summed E-state index contributed by atoms with van der Waals surface area (Å²) in [6, 6.07) is 9.58. The molecule has 3 heterocycles. The van der Waals surface area contributed by atoms with E-state index < -0.39 is 0 Å². The van der Waals surface area contributed by atoms with E-state index in [2.05, 4.69) is 20.3 Å². The molecule has 3 aromatic rings. The molecule has 0 spiro atoms. The lowest BCUT2D eigenvalue weighted by molar-refractivity contribution is 0.0490. The Hall–Kier alpha value is -3.26. The molecule has 168 valence electrons. The van der Waals surface area contributed by atoms with Crippen LogP contribution >= 0.6 is 0 Å². The third-order valence-corrected chi connectivity index (χ3v) is 5.47. The minimum absolute atomic E-state index is 0.0427. The third-order valence-electron chi connectivity index (χ3n) is 5.47. The molecule has 1 fully saturated rings. The molecule has 0 bridgehead atoms. The highest BCUT2D eigenvalue weighted by Crippen LogP contribution is 2.25. The number of pyridine rings is 1. The van der Waals surface area contributed by atoms with Crippen molar-refractivity contribution in [1.82, 2.24) is 20.3 Å². The van der Waals surface area contributed by atoms with E-state index in [0.29, 0.717) is 29.7 Å². The summed E-state index contributed by atoms with van der Waals surface area (Å²) in [5.41, 5.74) is 3.41. The van der Waals surface area contributed by atoms with Gasteiger partial charge in [-0.15, -0.1) is 0 Å². The van der Waals surface area contributed by atoms with Crippen LogP contribution < -0.4 is 15.0 Å². The first-order chi connectivity index (χ1) is 15.5. The maximum atomic E-state index is 12.3. The second-order valence-corrected chi connectivity index (χ2v) is 8.35. The highest BCUT2D eigenvalue weighted by molar-refractivity contribution is 5.91. The van der Waals surface area contributed by atoms with E-state index in [1.807, 2.05) is 44.2 Å². The number of carbonyl (C=O) groups excluding carboxylic acids is 1. The molecular formula is C24H29N5O3. The van der Waals surface area contributed by atoms with Gasteiger partial charge in [0.25, 0.3) is 0 Å². The molecule has 0 radical (unpaired) electrons. The smallest absolute Gasteiger partial charge is 0.323 e. The molecule has 2 aromatic heterocycles. The van der Waals surface area contributed by atoms with Gasteiger partial charge in [-0.3, -0.25) is 9.88 Å². The number of fused-ring (bicyclic) bond motifs is 1. The van der Waals surface area contributed by atoms with E-state index in [-0.39, 0.29) is 12.1 Å². The zero-order valence-electron chi connectivity index (χ0n) is 18.7. The normalized spacial score (nSPS) is 14.5. The van der Waals surface area contributed by atoms with Crippen LogP contribution in [0.2, 0.25) is 0 Å². The summed E-state index contributed by atoms with van der Waals surface area (Å²) in [6.45, 7) is 6.12. The van der Waals surface area contributed by atoms with Gasteiger partial charge in [-0.1, -0.05) is 6.07 Å². The zero-order valence-corrected chi connectivity index (χ0v) is 18.7. The monoisotopic (exact) mass is 435 g/mol. The predicted octanol–water partition coefficient (Wildman–Crippen LogP) is 4.05. The second kappa shape index (κ2) is 9.91. The second-order valence-electron chi connectivity index (χ2n) is 8.35. The van der Waals surface area contributed by atoms with Gasteiger partial charge in [0.05, 0.1) is 23.8 Å². The van der Waals surface area contributed by atoms with Crippen LogP contribution in [0.25, 0.3) is 22.2 Å².